The molecule has 2 rings (SSSR count). The van der Waals surface area contributed by atoms with Gasteiger partial charge in [0.05, 0.1) is 12.1 Å². The molecule has 3 N–H and O–H groups in total. The standard InChI is InChI=1S/C21H32N6O/c1-4-22-21(24-14-13-20(28)27(5-2)6-3)25-16-15-23-19-12-11-17-9-7-8-10-18(17)26-19/h7-12H,4-6,13-16H2,1-3H3,(H,23,26)(H2,22,24,25). The van der Waals surface area contributed by atoms with E-state index < -0.39 is 0 Å². The molecule has 1 aromatic heterocycles. The number of aromatic nitrogens is 1. The average Bonchev–Trinajstić information content (AvgIpc) is 2.72. The Labute approximate surface area is 167 Å². The summed E-state index contributed by atoms with van der Waals surface area (Å²) in [6.45, 7) is 10.2. The number of benzene rings is 1. The fourth-order valence-electron chi connectivity index (χ4n) is 2.88. The number of guanidine groups is 1. The van der Waals surface area contributed by atoms with E-state index in [0.717, 1.165) is 42.3 Å². The normalized spacial score (nSPS) is 11.3. The number of nitrogens with zero attached hydrogens (tertiary/aromatic N) is 3. The molecule has 1 aromatic carbocycles. The molecule has 0 fully saturated rings. The van der Waals surface area contributed by atoms with Crippen LogP contribution in [0.25, 0.3) is 10.9 Å². The monoisotopic (exact) mass is 384 g/mol. The lowest BCUT2D eigenvalue weighted by atomic mass is 10.2. The molecule has 7 heteroatoms. The maximum absolute atomic E-state index is 12.1. The van der Waals surface area contributed by atoms with Gasteiger partial charge in [-0.1, -0.05) is 18.2 Å². The number of para-hydroxylation sites is 1. The van der Waals surface area contributed by atoms with E-state index in [1.165, 1.54) is 0 Å². The van der Waals surface area contributed by atoms with Crippen molar-refractivity contribution in [3.8, 4) is 0 Å². The molecule has 2 aromatic rings. The summed E-state index contributed by atoms with van der Waals surface area (Å²) in [7, 11) is 0. The summed E-state index contributed by atoms with van der Waals surface area (Å²) < 4.78 is 0. The molecule has 152 valence electrons. The van der Waals surface area contributed by atoms with E-state index >= 15 is 0 Å². The number of pyridine rings is 1. The van der Waals surface area contributed by atoms with Crippen LogP contribution in [0.5, 0.6) is 0 Å². The highest BCUT2D eigenvalue weighted by Crippen LogP contribution is 2.14. The Morgan fingerprint density at radius 1 is 1.04 bits per heavy atom. The summed E-state index contributed by atoms with van der Waals surface area (Å²) in [5, 5.41) is 10.9. The minimum Gasteiger partial charge on any atom is -0.368 e. The topological polar surface area (TPSA) is 81.7 Å². The van der Waals surface area contributed by atoms with Crippen LogP contribution in [0.15, 0.2) is 41.4 Å². The van der Waals surface area contributed by atoms with Crippen LogP contribution in [0.2, 0.25) is 0 Å². The highest BCUT2D eigenvalue weighted by molar-refractivity contribution is 5.81. The number of rotatable bonds is 10. The van der Waals surface area contributed by atoms with Crippen molar-refractivity contribution in [3.05, 3.63) is 36.4 Å². The van der Waals surface area contributed by atoms with Crippen LogP contribution in [0.1, 0.15) is 27.2 Å². The van der Waals surface area contributed by atoms with Crippen molar-refractivity contribution >= 4 is 28.6 Å². The number of fused-ring (bicyclic) bond motifs is 1. The molecule has 0 unspecified atom stereocenters. The molecule has 7 nitrogen and oxygen atoms in total. The molecule has 1 heterocycles. The third-order valence-corrected chi connectivity index (χ3v) is 4.38. The van der Waals surface area contributed by atoms with Crippen molar-refractivity contribution in [2.24, 2.45) is 4.99 Å². The fourth-order valence-corrected chi connectivity index (χ4v) is 2.88. The lowest BCUT2D eigenvalue weighted by molar-refractivity contribution is -0.130. The summed E-state index contributed by atoms with van der Waals surface area (Å²) in [5.41, 5.74) is 0.980. The molecule has 0 radical (unpaired) electrons. The first kappa shape index (κ1) is 21.5. The lowest BCUT2D eigenvalue weighted by Gasteiger charge is -2.18. The van der Waals surface area contributed by atoms with E-state index in [1.54, 1.807) is 0 Å². The third-order valence-electron chi connectivity index (χ3n) is 4.38. The van der Waals surface area contributed by atoms with Gasteiger partial charge >= 0.3 is 0 Å². The number of anilines is 1. The van der Waals surface area contributed by atoms with Gasteiger partial charge in [0.25, 0.3) is 0 Å². The molecule has 0 spiro atoms. The zero-order chi connectivity index (χ0) is 20.2. The zero-order valence-corrected chi connectivity index (χ0v) is 17.2. The van der Waals surface area contributed by atoms with Crippen molar-refractivity contribution < 1.29 is 4.79 Å². The quantitative estimate of drug-likeness (QED) is 0.333. The first-order valence-electron chi connectivity index (χ1n) is 10.1. The molecule has 0 saturated heterocycles. The molecule has 0 aliphatic rings. The van der Waals surface area contributed by atoms with Gasteiger partial charge in [0, 0.05) is 44.5 Å². The van der Waals surface area contributed by atoms with Gasteiger partial charge in [0.15, 0.2) is 5.96 Å². The predicted molar refractivity (Wildman–Crippen MR) is 117 cm³/mol. The van der Waals surface area contributed by atoms with Gasteiger partial charge in [-0.05, 0) is 39.0 Å². The highest BCUT2D eigenvalue weighted by atomic mass is 16.2. The van der Waals surface area contributed by atoms with E-state index in [0.29, 0.717) is 26.1 Å². The second-order valence-electron chi connectivity index (χ2n) is 6.32. The summed E-state index contributed by atoms with van der Waals surface area (Å²) in [6.07, 6.45) is 0.428. The van der Waals surface area contributed by atoms with Crippen molar-refractivity contribution in [2.45, 2.75) is 27.2 Å². The van der Waals surface area contributed by atoms with Crippen molar-refractivity contribution in [1.29, 1.82) is 0 Å². The number of amides is 1. The Bertz CT molecular complexity index is 772. The van der Waals surface area contributed by atoms with E-state index in [1.807, 2.05) is 49.9 Å². The van der Waals surface area contributed by atoms with Crippen molar-refractivity contribution in [2.75, 3.05) is 44.6 Å². The molecule has 0 bridgehead atoms. The minimum absolute atomic E-state index is 0.147. The number of carbonyl (C=O) groups is 1. The van der Waals surface area contributed by atoms with Gasteiger partial charge < -0.3 is 20.9 Å². The number of nitrogens with one attached hydrogen (secondary N) is 3. The van der Waals surface area contributed by atoms with Crippen LogP contribution >= 0.6 is 0 Å². The second-order valence-corrected chi connectivity index (χ2v) is 6.32. The number of hydrogen-bond donors (Lipinski definition) is 3. The van der Waals surface area contributed by atoms with Gasteiger partial charge in [0.2, 0.25) is 5.91 Å². The maximum atomic E-state index is 12.1. The summed E-state index contributed by atoms with van der Waals surface area (Å²) in [4.78, 5) is 23.0. The molecular weight excluding hydrogens is 352 g/mol. The Balaban J connectivity index is 1.77. The Morgan fingerprint density at radius 3 is 2.57 bits per heavy atom. The molecule has 0 aliphatic carbocycles. The number of hydrogen-bond acceptors (Lipinski definition) is 4. The van der Waals surface area contributed by atoms with E-state index in [2.05, 4.69) is 38.1 Å². The summed E-state index contributed by atoms with van der Waals surface area (Å²) in [5.74, 6) is 1.73. The smallest absolute Gasteiger partial charge is 0.224 e. The van der Waals surface area contributed by atoms with Crippen LogP contribution in [0.4, 0.5) is 5.82 Å². The average molecular weight is 385 g/mol. The highest BCUT2D eigenvalue weighted by Gasteiger charge is 2.08. The van der Waals surface area contributed by atoms with Crippen LogP contribution in [0.3, 0.4) is 0 Å². The van der Waals surface area contributed by atoms with E-state index in [-0.39, 0.29) is 5.91 Å². The van der Waals surface area contributed by atoms with Gasteiger partial charge in [-0.25, -0.2) is 4.98 Å². The first-order valence-corrected chi connectivity index (χ1v) is 10.1. The fraction of sp³-hybridized carbons (Fsp3) is 0.476. The van der Waals surface area contributed by atoms with Crippen LogP contribution in [-0.4, -0.2) is 61.0 Å². The lowest BCUT2D eigenvalue weighted by Crippen LogP contribution is -2.40. The first-order chi connectivity index (χ1) is 13.7. The van der Waals surface area contributed by atoms with E-state index in [4.69, 9.17) is 0 Å². The predicted octanol–water partition coefficient (Wildman–Crippen LogP) is 2.46. The Morgan fingerprint density at radius 2 is 1.82 bits per heavy atom. The minimum atomic E-state index is 0.147. The summed E-state index contributed by atoms with van der Waals surface area (Å²) in [6, 6.07) is 12.1. The largest absolute Gasteiger partial charge is 0.368 e. The molecule has 0 saturated carbocycles. The molecule has 0 aliphatic heterocycles. The number of aliphatic imine (C=N–C) groups is 1. The van der Waals surface area contributed by atoms with Gasteiger partial charge in [-0.2, -0.15) is 0 Å². The van der Waals surface area contributed by atoms with Crippen LogP contribution < -0.4 is 16.0 Å². The number of carbonyl (C=O) groups excluding carboxylic acids is 1. The van der Waals surface area contributed by atoms with Crippen LogP contribution in [-0.2, 0) is 4.79 Å². The molecule has 1 amide bonds. The maximum Gasteiger partial charge on any atom is 0.224 e. The van der Waals surface area contributed by atoms with Crippen molar-refractivity contribution in [3.63, 3.8) is 0 Å². The second kappa shape index (κ2) is 11.8. The third kappa shape index (κ3) is 6.72. The Kier molecular flexibility index (Phi) is 9.04. The molecule has 28 heavy (non-hydrogen) atoms. The van der Waals surface area contributed by atoms with Crippen LogP contribution in [0, 0.1) is 0 Å². The van der Waals surface area contributed by atoms with Crippen molar-refractivity contribution in [1.82, 2.24) is 20.5 Å². The van der Waals surface area contributed by atoms with Gasteiger partial charge in [-0.15, -0.1) is 0 Å². The zero-order valence-electron chi connectivity index (χ0n) is 17.2. The van der Waals surface area contributed by atoms with Gasteiger partial charge in [-0.3, -0.25) is 9.79 Å². The van der Waals surface area contributed by atoms with Gasteiger partial charge in [0.1, 0.15) is 5.82 Å². The Hall–Kier alpha value is -2.83. The SMILES string of the molecule is CCNC(=NCCC(=O)N(CC)CC)NCCNc1ccc2ccccc2n1. The molecule has 0 atom stereocenters. The summed E-state index contributed by atoms with van der Waals surface area (Å²) >= 11 is 0. The molecular formula is C21H32N6O. The van der Waals surface area contributed by atoms with E-state index in [9.17, 15) is 4.79 Å².